The van der Waals surface area contributed by atoms with Gasteiger partial charge in [-0.15, -0.1) is 0 Å². The molecule has 3 amide bonds. The van der Waals surface area contributed by atoms with Crippen molar-refractivity contribution in [3.63, 3.8) is 0 Å². The van der Waals surface area contributed by atoms with Crippen LogP contribution in [0, 0.1) is 0 Å². The van der Waals surface area contributed by atoms with Crippen molar-refractivity contribution in [2.75, 3.05) is 18.4 Å². The lowest BCUT2D eigenvalue weighted by atomic mass is 9.88. The zero-order valence-corrected chi connectivity index (χ0v) is 17.9. The molecular formula is C21H26ClN5O3. The second-order valence-electron chi connectivity index (χ2n) is 8.09. The fourth-order valence-corrected chi connectivity index (χ4v) is 4.17. The van der Waals surface area contributed by atoms with E-state index in [0.717, 1.165) is 5.82 Å². The summed E-state index contributed by atoms with van der Waals surface area (Å²) in [6.07, 6.45) is 4.12. The first-order valence-corrected chi connectivity index (χ1v) is 10.6. The highest BCUT2D eigenvalue weighted by Gasteiger charge is 2.47. The molecule has 30 heavy (non-hydrogen) atoms. The molecule has 3 heterocycles. The molecule has 8 nitrogen and oxygen atoms in total. The Hall–Kier alpha value is -2.58. The third-order valence-electron chi connectivity index (χ3n) is 5.53. The van der Waals surface area contributed by atoms with Crippen molar-refractivity contribution >= 4 is 29.2 Å². The molecule has 2 aliphatic rings. The molecular weight excluding hydrogens is 406 g/mol. The minimum atomic E-state index is -0.682. The van der Waals surface area contributed by atoms with Crippen molar-refractivity contribution in [2.45, 2.75) is 51.0 Å². The van der Waals surface area contributed by atoms with E-state index in [9.17, 15) is 9.59 Å². The zero-order valence-electron chi connectivity index (χ0n) is 17.1. The normalized spacial score (nSPS) is 20.1. The molecule has 1 aromatic carbocycles. The van der Waals surface area contributed by atoms with Gasteiger partial charge in [0.15, 0.2) is 6.10 Å². The minimum absolute atomic E-state index is 0.0731. The summed E-state index contributed by atoms with van der Waals surface area (Å²) < 4.78 is 8.37. The van der Waals surface area contributed by atoms with Crippen LogP contribution in [-0.2, 0) is 21.7 Å². The number of hydrogen-bond acceptors (Lipinski definition) is 4. The van der Waals surface area contributed by atoms with Crippen molar-refractivity contribution in [2.24, 2.45) is 0 Å². The molecule has 2 aliphatic heterocycles. The van der Waals surface area contributed by atoms with E-state index < -0.39 is 11.7 Å². The van der Waals surface area contributed by atoms with Crippen LogP contribution in [0.1, 0.15) is 32.5 Å². The third-order valence-corrected chi connectivity index (χ3v) is 5.78. The first-order valence-electron chi connectivity index (χ1n) is 10.2. The molecule has 1 fully saturated rings. The number of carbonyl (C=O) groups is 2. The largest absolute Gasteiger partial charge is 0.352 e. The van der Waals surface area contributed by atoms with Gasteiger partial charge in [-0.2, -0.15) is 0 Å². The minimum Gasteiger partial charge on any atom is -0.352 e. The van der Waals surface area contributed by atoms with Crippen LogP contribution >= 0.6 is 11.6 Å². The predicted octanol–water partition coefficient (Wildman–Crippen LogP) is 2.98. The number of benzene rings is 1. The molecule has 2 aromatic rings. The second-order valence-corrected chi connectivity index (χ2v) is 8.53. The molecule has 1 spiro atoms. The smallest absolute Gasteiger partial charge is 0.317 e. The van der Waals surface area contributed by atoms with Crippen LogP contribution in [-0.4, -0.2) is 51.6 Å². The van der Waals surface area contributed by atoms with Gasteiger partial charge in [-0.3, -0.25) is 4.79 Å². The standard InChI is InChI=1S/C21H26ClN5O3/c1-14(2)24-20(29)26-10-7-21(8-11-26)19-23-9-12-27(19)13-17(30-21)18(28)25-16-5-3-15(22)4-6-16/h3-6,9,12,14,17H,7-8,10-11,13H2,1-2H3,(H,24,29)(H,25,28)/t17-/m1/s1. The molecule has 0 radical (unpaired) electrons. The maximum Gasteiger partial charge on any atom is 0.317 e. The highest BCUT2D eigenvalue weighted by atomic mass is 35.5. The van der Waals surface area contributed by atoms with Crippen LogP contribution in [0.15, 0.2) is 36.7 Å². The van der Waals surface area contributed by atoms with Gasteiger partial charge in [-0.05, 0) is 38.1 Å². The summed E-state index contributed by atoms with van der Waals surface area (Å²) >= 11 is 5.92. The average molecular weight is 432 g/mol. The highest BCUT2D eigenvalue weighted by molar-refractivity contribution is 6.30. The Morgan fingerprint density at radius 3 is 2.60 bits per heavy atom. The van der Waals surface area contributed by atoms with Gasteiger partial charge in [0.05, 0.1) is 6.54 Å². The van der Waals surface area contributed by atoms with Crippen LogP contribution < -0.4 is 10.6 Å². The lowest BCUT2D eigenvalue weighted by molar-refractivity contribution is -0.167. The number of piperidine rings is 1. The average Bonchev–Trinajstić information content (AvgIpc) is 3.19. The van der Waals surface area contributed by atoms with Crippen LogP contribution in [0.5, 0.6) is 0 Å². The lowest BCUT2D eigenvalue weighted by Gasteiger charge is -2.45. The molecule has 2 N–H and O–H groups in total. The van der Waals surface area contributed by atoms with Gasteiger partial charge in [0.2, 0.25) is 0 Å². The summed E-state index contributed by atoms with van der Waals surface area (Å²) in [5, 5.41) is 6.44. The molecule has 0 bridgehead atoms. The van der Waals surface area contributed by atoms with Gasteiger partial charge < -0.3 is 24.8 Å². The van der Waals surface area contributed by atoms with Gasteiger partial charge in [0.1, 0.15) is 11.4 Å². The van der Waals surface area contributed by atoms with Crippen molar-refractivity contribution in [1.29, 1.82) is 0 Å². The summed E-state index contributed by atoms with van der Waals surface area (Å²) in [4.78, 5) is 31.6. The van der Waals surface area contributed by atoms with Gasteiger partial charge in [-0.25, -0.2) is 9.78 Å². The van der Waals surface area contributed by atoms with E-state index in [0.29, 0.717) is 43.2 Å². The number of anilines is 1. The van der Waals surface area contributed by atoms with Crippen molar-refractivity contribution in [3.05, 3.63) is 47.5 Å². The summed E-state index contributed by atoms with van der Waals surface area (Å²) in [5.41, 5.74) is -0.0168. The van der Waals surface area contributed by atoms with Crippen molar-refractivity contribution < 1.29 is 14.3 Å². The van der Waals surface area contributed by atoms with Crippen molar-refractivity contribution in [3.8, 4) is 0 Å². The van der Waals surface area contributed by atoms with E-state index in [4.69, 9.17) is 16.3 Å². The van der Waals surface area contributed by atoms with Crippen LogP contribution in [0.25, 0.3) is 0 Å². The number of urea groups is 1. The predicted molar refractivity (Wildman–Crippen MR) is 113 cm³/mol. The number of amides is 3. The molecule has 9 heteroatoms. The number of fused-ring (bicyclic) bond motifs is 2. The summed E-state index contributed by atoms with van der Waals surface area (Å²) in [5.74, 6) is 0.609. The van der Waals surface area contributed by atoms with Crippen LogP contribution in [0.3, 0.4) is 0 Å². The topological polar surface area (TPSA) is 88.5 Å². The van der Waals surface area contributed by atoms with Gasteiger partial charge in [0, 0.05) is 55.1 Å². The molecule has 4 rings (SSSR count). The molecule has 0 unspecified atom stereocenters. The van der Waals surface area contributed by atoms with E-state index in [1.807, 2.05) is 24.6 Å². The number of carbonyl (C=O) groups excluding carboxylic acids is 2. The summed E-state index contributed by atoms with van der Waals surface area (Å²) in [6.45, 7) is 5.35. The second kappa shape index (κ2) is 8.28. The van der Waals surface area contributed by atoms with E-state index in [1.54, 1.807) is 35.4 Å². The van der Waals surface area contributed by atoms with E-state index in [-0.39, 0.29) is 18.0 Å². The zero-order chi connectivity index (χ0) is 21.3. The number of imidazole rings is 1. The number of ether oxygens (including phenoxy) is 1. The number of halogens is 1. The Labute approximate surface area is 180 Å². The molecule has 1 aromatic heterocycles. The maximum absolute atomic E-state index is 12.9. The summed E-state index contributed by atoms with van der Waals surface area (Å²) in [6, 6.07) is 6.98. The number of rotatable bonds is 3. The Morgan fingerprint density at radius 1 is 1.23 bits per heavy atom. The monoisotopic (exact) mass is 431 g/mol. The molecule has 0 aliphatic carbocycles. The number of likely N-dealkylation sites (tertiary alicyclic amines) is 1. The maximum atomic E-state index is 12.9. The number of aromatic nitrogens is 2. The quantitative estimate of drug-likeness (QED) is 0.781. The Morgan fingerprint density at radius 2 is 1.93 bits per heavy atom. The Balaban J connectivity index is 1.48. The number of hydrogen-bond donors (Lipinski definition) is 2. The Bertz CT molecular complexity index is 919. The van der Waals surface area contributed by atoms with E-state index in [2.05, 4.69) is 15.6 Å². The van der Waals surface area contributed by atoms with Crippen molar-refractivity contribution in [1.82, 2.24) is 19.8 Å². The fourth-order valence-electron chi connectivity index (χ4n) is 4.04. The SMILES string of the molecule is CC(C)NC(=O)N1CCC2(CC1)O[C@@H](C(=O)Nc1ccc(Cl)cc1)Cn1ccnc12. The highest BCUT2D eigenvalue weighted by Crippen LogP contribution is 2.40. The van der Waals surface area contributed by atoms with Crippen LogP contribution in [0.2, 0.25) is 5.02 Å². The van der Waals surface area contributed by atoms with E-state index >= 15 is 0 Å². The van der Waals surface area contributed by atoms with Gasteiger partial charge in [0.25, 0.3) is 5.91 Å². The first kappa shape index (κ1) is 20.7. The van der Waals surface area contributed by atoms with Crippen LogP contribution in [0.4, 0.5) is 10.5 Å². The molecule has 1 saturated heterocycles. The summed E-state index contributed by atoms with van der Waals surface area (Å²) in [7, 11) is 0. The number of nitrogens with zero attached hydrogens (tertiary/aromatic N) is 3. The molecule has 1 atom stereocenters. The first-order chi connectivity index (χ1) is 14.4. The molecule has 160 valence electrons. The van der Waals surface area contributed by atoms with Gasteiger partial charge >= 0.3 is 6.03 Å². The third kappa shape index (κ3) is 4.15. The van der Waals surface area contributed by atoms with Gasteiger partial charge in [-0.1, -0.05) is 11.6 Å². The lowest BCUT2D eigenvalue weighted by Crippen LogP contribution is -2.55. The van der Waals surface area contributed by atoms with E-state index in [1.165, 1.54) is 0 Å². The number of nitrogens with one attached hydrogen (secondary N) is 2. The molecule has 0 saturated carbocycles. The fraction of sp³-hybridized carbons (Fsp3) is 0.476. The Kier molecular flexibility index (Phi) is 5.71.